The molecule has 0 bridgehead atoms. The van der Waals surface area contributed by atoms with Gasteiger partial charge in [0.05, 0.1) is 37.8 Å². The summed E-state index contributed by atoms with van der Waals surface area (Å²) in [5, 5.41) is 5.53. The Morgan fingerprint density at radius 2 is 1.68 bits per heavy atom. The minimum atomic E-state index is -1.37. The smallest absolute Gasteiger partial charge is 0.325 e. The van der Waals surface area contributed by atoms with E-state index in [1.165, 1.54) is 0 Å². The number of hydrogen-bond acceptors (Lipinski definition) is 9. The van der Waals surface area contributed by atoms with Crippen LogP contribution in [0.2, 0.25) is 0 Å². The largest absolute Gasteiger partial charge is 0.492 e. The fourth-order valence-corrected chi connectivity index (χ4v) is 4.97. The minimum Gasteiger partial charge on any atom is -0.492 e. The number of urea groups is 1. The molecule has 0 unspecified atom stereocenters. The average Bonchev–Trinajstić information content (AvgIpc) is 3.18. The van der Waals surface area contributed by atoms with Crippen molar-refractivity contribution >= 4 is 29.2 Å². The molecule has 0 saturated carbocycles. The van der Waals surface area contributed by atoms with Gasteiger partial charge >= 0.3 is 6.03 Å². The summed E-state index contributed by atoms with van der Waals surface area (Å²) in [6, 6.07) is 7.96. The lowest BCUT2D eigenvalue weighted by Crippen LogP contribution is -2.42. The van der Waals surface area contributed by atoms with Crippen LogP contribution in [0.5, 0.6) is 23.0 Å². The van der Waals surface area contributed by atoms with E-state index in [1.807, 2.05) is 19.9 Å². The third-order valence-electron chi connectivity index (χ3n) is 6.98. The number of anilines is 2. The fraction of sp³-hybridized carbons (Fsp3) is 0.464. The van der Waals surface area contributed by atoms with Crippen LogP contribution >= 0.6 is 0 Å². The van der Waals surface area contributed by atoms with Gasteiger partial charge in [-0.25, -0.2) is 4.79 Å². The molecule has 0 spiro atoms. The Morgan fingerprint density at radius 1 is 0.975 bits per heavy atom. The van der Waals surface area contributed by atoms with E-state index in [-0.39, 0.29) is 0 Å². The minimum absolute atomic E-state index is 0.375. The van der Waals surface area contributed by atoms with E-state index < -0.39 is 29.9 Å². The molecule has 214 valence electrons. The Balaban J connectivity index is 1.34. The number of imide groups is 1. The Bertz CT molecular complexity index is 1300. The van der Waals surface area contributed by atoms with Crippen molar-refractivity contribution < 1.29 is 38.1 Å². The van der Waals surface area contributed by atoms with Crippen molar-refractivity contribution in [3.63, 3.8) is 0 Å². The first-order valence-electron chi connectivity index (χ1n) is 13.4. The second-order valence-electron chi connectivity index (χ2n) is 9.63. The summed E-state index contributed by atoms with van der Waals surface area (Å²) in [7, 11) is 0. The van der Waals surface area contributed by atoms with Crippen molar-refractivity contribution in [1.82, 2.24) is 10.2 Å². The van der Waals surface area contributed by atoms with E-state index in [1.54, 1.807) is 31.2 Å². The van der Waals surface area contributed by atoms with Crippen LogP contribution in [-0.2, 0) is 19.9 Å². The highest BCUT2D eigenvalue weighted by molar-refractivity contribution is 6.10. The molecule has 0 radical (unpaired) electrons. The van der Waals surface area contributed by atoms with Crippen LogP contribution < -0.4 is 34.5 Å². The number of ether oxygens (including phenoxy) is 5. The first-order chi connectivity index (χ1) is 19.3. The molecule has 1 atom stereocenters. The molecule has 5 rings (SSSR count). The summed E-state index contributed by atoms with van der Waals surface area (Å²) < 4.78 is 28.4. The molecule has 2 aromatic rings. The molecule has 4 amide bonds. The zero-order valence-corrected chi connectivity index (χ0v) is 22.9. The van der Waals surface area contributed by atoms with Gasteiger partial charge in [0.25, 0.3) is 5.91 Å². The van der Waals surface area contributed by atoms with E-state index in [0.717, 1.165) is 10.6 Å². The summed E-state index contributed by atoms with van der Waals surface area (Å²) in [4.78, 5) is 42.5. The van der Waals surface area contributed by atoms with Gasteiger partial charge in [-0.05, 0) is 38.5 Å². The zero-order valence-electron chi connectivity index (χ0n) is 22.9. The van der Waals surface area contributed by atoms with E-state index in [2.05, 4.69) is 15.5 Å². The molecule has 2 aromatic carbocycles. The molecular formula is C28H34N4O8. The first kappa shape index (κ1) is 27.4. The van der Waals surface area contributed by atoms with Crippen LogP contribution in [0, 0.1) is 0 Å². The van der Waals surface area contributed by atoms with Gasteiger partial charge in [0, 0.05) is 25.2 Å². The number of fused-ring (bicyclic) bond motifs is 1. The predicted octanol–water partition coefficient (Wildman–Crippen LogP) is 2.50. The van der Waals surface area contributed by atoms with Gasteiger partial charge in [-0.15, -0.1) is 0 Å². The standard InChI is InChI=1S/C28H34N4O8/c1-4-37-22-16-20(31-8-10-36-11-9-31)23(38-5-2)15-19(22)29-25(33)17-32-26(34)28(3,30-27(32)35)18-6-7-21-24(14-18)40-13-12-39-21/h6-7,14-16H,4-5,8-13,17H2,1-3H3,(H,29,33)(H,30,35)/t28-/m0/s1. The number of nitrogens with one attached hydrogen (secondary N) is 2. The molecule has 40 heavy (non-hydrogen) atoms. The molecule has 3 aliphatic rings. The molecule has 12 nitrogen and oxygen atoms in total. The van der Waals surface area contributed by atoms with E-state index in [4.69, 9.17) is 23.7 Å². The van der Waals surface area contributed by atoms with Gasteiger partial charge in [0.1, 0.15) is 36.8 Å². The van der Waals surface area contributed by atoms with Crippen molar-refractivity contribution in [2.45, 2.75) is 26.3 Å². The van der Waals surface area contributed by atoms with E-state index in [9.17, 15) is 14.4 Å². The average molecular weight is 555 g/mol. The lowest BCUT2D eigenvalue weighted by atomic mass is 9.91. The normalized spacial score (nSPS) is 20.3. The van der Waals surface area contributed by atoms with Crippen LogP contribution in [0.15, 0.2) is 30.3 Å². The Morgan fingerprint density at radius 3 is 2.40 bits per heavy atom. The van der Waals surface area contributed by atoms with Crippen molar-refractivity contribution in [2.75, 3.05) is 69.5 Å². The lowest BCUT2D eigenvalue weighted by molar-refractivity contribution is -0.133. The quantitative estimate of drug-likeness (QED) is 0.450. The third-order valence-corrected chi connectivity index (χ3v) is 6.98. The maximum absolute atomic E-state index is 13.5. The number of hydrogen-bond donors (Lipinski definition) is 2. The predicted molar refractivity (Wildman–Crippen MR) is 145 cm³/mol. The van der Waals surface area contributed by atoms with Crippen molar-refractivity contribution in [2.24, 2.45) is 0 Å². The number of benzene rings is 2. The molecule has 0 aliphatic carbocycles. The van der Waals surface area contributed by atoms with Gasteiger partial charge in [-0.3, -0.25) is 14.5 Å². The van der Waals surface area contributed by atoms with Gasteiger partial charge in [-0.1, -0.05) is 6.07 Å². The summed E-state index contributed by atoms with van der Waals surface area (Å²) in [5.74, 6) is 1.01. The molecule has 2 fully saturated rings. The highest BCUT2D eigenvalue weighted by Gasteiger charge is 2.50. The number of rotatable bonds is 9. The SMILES string of the molecule is CCOc1cc(N2CCOCC2)c(OCC)cc1NC(=O)CN1C(=O)N[C@@](C)(c2ccc3c(c2)OCCO3)C1=O. The second kappa shape index (κ2) is 11.5. The highest BCUT2D eigenvalue weighted by Crippen LogP contribution is 2.40. The summed E-state index contributed by atoms with van der Waals surface area (Å²) >= 11 is 0. The molecule has 12 heteroatoms. The van der Waals surface area contributed by atoms with Crippen molar-refractivity contribution in [3.05, 3.63) is 35.9 Å². The van der Waals surface area contributed by atoms with E-state index in [0.29, 0.717) is 87.0 Å². The van der Waals surface area contributed by atoms with Gasteiger partial charge in [0.2, 0.25) is 5.91 Å². The third kappa shape index (κ3) is 5.31. The van der Waals surface area contributed by atoms with Crippen LogP contribution in [0.4, 0.5) is 16.2 Å². The maximum atomic E-state index is 13.5. The molecule has 2 N–H and O–H groups in total. The summed E-state index contributed by atoms with van der Waals surface area (Å²) in [6.45, 7) is 9.09. The Kier molecular flexibility index (Phi) is 7.88. The number of amides is 4. The monoisotopic (exact) mass is 554 g/mol. The summed E-state index contributed by atoms with van der Waals surface area (Å²) in [5.41, 5.74) is 0.382. The van der Waals surface area contributed by atoms with Crippen LogP contribution in [-0.4, -0.2) is 82.0 Å². The molecular weight excluding hydrogens is 520 g/mol. The van der Waals surface area contributed by atoms with Crippen LogP contribution in [0.25, 0.3) is 0 Å². The lowest BCUT2D eigenvalue weighted by Gasteiger charge is -2.31. The molecule has 3 heterocycles. The molecule has 2 saturated heterocycles. The number of morpholine rings is 1. The van der Waals surface area contributed by atoms with Crippen molar-refractivity contribution in [1.29, 1.82) is 0 Å². The van der Waals surface area contributed by atoms with Gasteiger partial charge in [0.15, 0.2) is 11.5 Å². The first-order valence-corrected chi connectivity index (χ1v) is 13.4. The topological polar surface area (TPSA) is 128 Å². The second-order valence-corrected chi connectivity index (χ2v) is 9.63. The van der Waals surface area contributed by atoms with E-state index >= 15 is 0 Å². The number of carbonyl (C=O) groups is 3. The number of carbonyl (C=O) groups excluding carboxylic acids is 3. The van der Waals surface area contributed by atoms with Crippen LogP contribution in [0.3, 0.4) is 0 Å². The Hall–Kier alpha value is -4.19. The Labute approximate surface area is 232 Å². The molecule has 3 aliphatic heterocycles. The summed E-state index contributed by atoms with van der Waals surface area (Å²) in [6.07, 6.45) is 0. The van der Waals surface area contributed by atoms with Crippen LogP contribution in [0.1, 0.15) is 26.3 Å². The number of nitrogens with zero attached hydrogens (tertiary/aromatic N) is 2. The fourth-order valence-electron chi connectivity index (χ4n) is 4.97. The van der Waals surface area contributed by atoms with Gasteiger partial charge < -0.3 is 39.2 Å². The zero-order chi connectivity index (χ0) is 28.3. The molecule has 0 aromatic heterocycles. The van der Waals surface area contributed by atoms with Crippen molar-refractivity contribution in [3.8, 4) is 23.0 Å². The van der Waals surface area contributed by atoms with Gasteiger partial charge in [-0.2, -0.15) is 0 Å². The maximum Gasteiger partial charge on any atom is 0.325 e. The highest BCUT2D eigenvalue weighted by atomic mass is 16.6.